The van der Waals surface area contributed by atoms with Gasteiger partial charge in [0.2, 0.25) is 5.91 Å². The van der Waals surface area contributed by atoms with Crippen LogP contribution in [0.15, 0.2) is 18.2 Å². The molecule has 0 heterocycles. The molecule has 1 atom stereocenters. The average Bonchev–Trinajstić information content (AvgIpc) is 2.35. The van der Waals surface area contributed by atoms with Crippen molar-refractivity contribution in [3.05, 3.63) is 28.8 Å². The Kier molecular flexibility index (Phi) is 5.79. The van der Waals surface area contributed by atoms with Gasteiger partial charge in [-0.2, -0.15) is 0 Å². The first-order chi connectivity index (χ1) is 8.92. The van der Waals surface area contributed by atoms with E-state index in [1.54, 1.807) is 0 Å². The second kappa shape index (κ2) is 7.11. The van der Waals surface area contributed by atoms with Gasteiger partial charge in [0.1, 0.15) is 0 Å². The summed E-state index contributed by atoms with van der Waals surface area (Å²) >= 11 is 5.80. The zero-order valence-electron chi connectivity index (χ0n) is 10.9. The number of carboxylic acid groups (broad SMARTS) is 1. The lowest BCUT2D eigenvalue weighted by molar-refractivity contribution is -0.115. The number of halogens is 1. The first-order valence-electron chi connectivity index (χ1n) is 5.99. The predicted octanol–water partition coefficient (Wildman–Crippen LogP) is 2.36. The molecule has 0 saturated heterocycles. The molecule has 0 aliphatic rings. The number of carboxylic acids is 1. The van der Waals surface area contributed by atoms with Crippen LogP contribution in [0, 0.1) is 0 Å². The van der Waals surface area contributed by atoms with Crippen molar-refractivity contribution >= 4 is 29.2 Å². The number of hydrogen-bond acceptors (Lipinski definition) is 3. The molecule has 3 N–H and O–H groups in total. The molecule has 0 aliphatic carbocycles. The van der Waals surface area contributed by atoms with Gasteiger partial charge in [0.05, 0.1) is 12.1 Å². The van der Waals surface area contributed by atoms with Crippen molar-refractivity contribution in [2.24, 2.45) is 0 Å². The lowest BCUT2D eigenvalue weighted by atomic mass is 10.2. The van der Waals surface area contributed by atoms with Gasteiger partial charge in [-0.25, -0.2) is 4.79 Å². The third-order valence-corrected chi connectivity index (χ3v) is 2.87. The van der Waals surface area contributed by atoms with Gasteiger partial charge in [-0.15, -0.1) is 0 Å². The Labute approximate surface area is 117 Å². The quantitative estimate of drug-likeness (QED) is 0.749. The van der Waals surface area contributed by atoms with Crippen LogP contribution < -0.4 is 10.6 Å². The maximum atomic E-state index is 11.7. The van der Waals surface area contributed by atoms with Gasteiger partial charge in [-0.05, 0) is 31.5 Å². The summed E-state index contributed by atoms with van der Waals surface area (Å²) in [7, 11) is 0. The first-order valence-corrected chi connectivity index (χ1v) is 6.37. The summed E-state index contributed by atoms with van der Waals surface area (Å²) < 4.78 is 0. The molecule has 104 valence electrons. The molecule has 1 aromatic carbocycles. The summed E-state index contributed by atoms with van der Waals surface area (Å²) in [4.78, 5) is 22.5. The lowest BCUT2D eigenvalue weighted by Gasteiger charge is -2.11. The number of nitrogens with one attached hydrogen (secondary N) is 2. The number of aromatic carboxylic acids is 1. The lowest BCUT2D eigenvalue weighted by Crippen LogP contribution is -2.34. The average molecular weight is 285 g/mol. The van der Waals surface area contributed by atoms with E-state index in [4.69, 9.17) is 16.7 Å². The van der Waals surface area contributed by atoms with E-state index in [1.165, 1.54) is 18.2 Å². The molecule has 6 heteroatoms. The smallest absolute Gasteiger partial charge is 0.335 e. The molecule has 0 bridgehead atoms. The number of carbonyl (C=O) groups is 2. The van der Waals surface area contributed by atoms with Crippen molar-refractivity contribution in [1.29, 1.82) is 0 Å². The molecule has 0 radical (unpaired) electrons. The Morgan fingerprint density at radius 3 is 2.63 bits per heavy atom. The van der Waals surface area contributed by atoms with Crippen LogP contribution in [-0.4, -0.2) is 29.6 Å². The topological polar surface area (TPSA) is 78.4 Å². The Morgan fingerprint density at radius 2 is 2.05 bits per heavy atom. The molecule has 19 heavy (non-hydrogen) atoms. The van der Waals surface area contributed by atoms with Crippen LogP contribution in [0.2, 0.25) is 5.02 Å². The molecule has 0 spiro atoms. The van der Waals surface area contributed by atoms with Crippen LogP contribution in [0.3, 0.4) is 0 Å². The van der Waals surface area contributed by atoms with Crippen molar-refractivity contribution in [2.75, 3.05) is 11.9 Å². The van der Waals surface area contributed by atoms with Crippen LogP contribution in [0.25, 0.3) is 0 Å². The summed E-state index contributed by atoms with van der Waals surface area (Å²) in [6.45, 7) is 4.17. The van der Waals surface area contributed by atoms with Gasteiger partial charge >= 0.3 is 5.97 Å². The number of benzene rings is 1. The normalized spacial score (nSPS) is 11.9. The molecule has 0 aliphatic heterocycles. The van der Waals surface area contributed by atoms with E-state index < -0.39 is 5.97 Å². The maximum absolute atomic E-state index is 11.7. The standard InChI is InChI=1S/C13H17ClN2O3/c1-3-8(2)15-7-12(17)16-11-5-9(13(18)19)4-10(14)6-11/h4-6,8,15H,3,7H2,1-2H3,(H,16,17)(H,18,19). The summed E-state index contributed by atoms with van der Waals surface area (Å²) in [6.07, 6.45) is 0.924. The second-order valence-electron chi connectivity index (χ2n) is 4.27. The molecule has 5 nitrogen and oxygen atoms in total. The van der Waals surface area contributed by atoms with E-state index in [1.807, 2.05) is 13.8 Å². The molecular weight excluding hydrogens is 268 g/mol. The van der Waals surface area contributed by atoms with Crippen molar-refractivity contribution in [3.8, 4) is 0 Å². The summed E-state index contributed by atoms with van der Waals surface area (Å²) in [5.74, 6) is -1.32. The van der Waals surface area contributed by atoms with Crippen molar-refractivity contribution in [2.45, 2.75) is 26.3 Å². The fourth-order valence-electron chi connectivity index (χ4n) is 1.40. The van der Waals surface area contributed by atoms with Gasteiger partial charge < -0.3 is 15.7 Å². The molecule has 1 unspecified atom stereocenters. The number of carbonyl (C=O) groups excluding carboxylic acids is 1. The van der Waals surface area contributed by atoms with Gasteiger partial charge in [0.25, 0.3) is 0 Å². The van der Waals surface area contributed by atoms with Gasteiger partial charge in [-0.3, -0.25) is 4.79 Å². The molecule has 0 saturated carbocycles. The van der Waals surface area contributed by atoms with Crippen LogP contribution >= 0.6 is 11.6 Å². The van der Waals surface area contributed by atoms with E-state index in [-0.39, 0.29) is 29.1 Å². The second-order valence-corrected chi connectivity index (χ2v) is 4.71. The molecule has 1 amide bonds. The van der Waals surface area contributed by atoms with Crippen LogP contribution in [0.4, 0.5) is 5.69 Å². The monoisotopic (exact) mass is 284 g/mol. The van der Waals surface area contributed by atoms with E-state index in [2.05, 4.69) is 10.6 Å². The van der Waals surface area contributed by atoms with Crippen LogP contribution in [0.5, 0.6) is 0 Å². The van der Waals surface area contributed by atoms with Gasteiger partial charge in [-0.1, -0.05) is 18.5 Å². The van der Waals surface area contributed by atoms with Crippen molar-refractivity contribution in [1.82, 2.24) is 5.32 Å². The van der Waals surface area contributed by atoms with Gasteiger partial charge in [0, 0.05) is 16.8 Å². The van der Waals surface area contributed by atoms with Crippen molar-refractivity contribution < 1.29 is 14.7 Å². The number of hydrogen-bond donors (Lipinski definition) is 3. The van der Waals surface area contributed by atoms with E-state index >= 15 is 0 Å². The highest BCUT2D eigenvalue weighted by Crippen LogP contribution is 2.19. The van der Waals surface area contributed by atoms with E-state index in [9.17, 15) is 9.59 Å². The predicted molar refractivity (Wildman–Crippen MR) is 74.8 cm³/mol. The zero-order chi connectivity index (χ0) is 14.4. The minimum absolute atomic E-state index is 0.0395. The number of rotatable bonds is 6. The Bertz CT molecular complexity index is 477. The third kappa shape index (κ3) is 5.28. The molecule has 0 aromatic heterocycles. The summed E-state index contributed by atoms with van der Waals surface area (Å²) in [5, 5.41) is 14.8. The molecule has 1 rings (SSSR count). The van der Waals surface area contributed by atoms with Gasteiger partial charge in [0.15, 0.2) is 0 Å². The molecule has 0 fully saturated rings. The first kappa shape index (κ1) is 15.5. The van der Waals surface area contributed by atoms with E-state index in [0.717, 1.165) is 6.42 Å². The molecular formula is C13H17ClN2O3. The molecule has 1 aromatic rings. The highest BCUT2D eigenvalue weighted by Gasteiger charge is 2.09. The summed E-state index contributed by atoms with van der Waals surface area (Å²) in [5.41, 5.74) is 0.415. The SMILES string of the molecule is CCC(C)NCC(=O)Nc1cc(Cl)cc(C(=O)O)c1. The highest BCUT2D eigenvalue weighted by molar-refractivity contribution is 6.31. The number of amides is 1. The Balaban J connectivity index is 2.66. The third-order valence-electron chi connectivity index (χ3n) is 2.65. The highest BCUT2D eigenvalue weighted by atomic mass is 35.5. The van der Waals surface area contributed by atoms with Crippen LogP contribution in [-0.2, 0) is 4.79 Å². The maximum Gasteiger partial charge on any atom is 0.335 e. The van der Waals surface area contributed by atoms with Crippen molar-refractivity contribution in [3.63, 3.8) is 0 Å². The zero-order valence-corrected chi connectivity index (χ0v) is 11.6. The fourth-order valence-corrected chi connectivity index (χ4v) is 1.64. The fraction of sp³-hybridized carbons (Fsp3) is 0.385. The largest absolute Gasteiger partial charge is 0.478 e. The summed E-state index contributed by atoms with van der Waals surface area (Å²) in [6, 6.07) is 4.46. The Morgan fingerprint density at radius 1 is 1.37 bits per heavy atom. The Hall–Kier alpha value is -1.59. The van der Waals surface area contributed by atoms with E-state index in [0.29, 0.717) is 5.69 Å². The minimum atomic E-state index is -1.09. The van der Waals surface area contributed by atoms with Crippen LogP contribution in [0.1, 0.15) is 30.6 Å². The number of anilines is 1. The minimum Gasteiger partial charge on any atom is -0.478 e.